The molecule has 0 bridgehead atoms. The lowest BCUT2D eigenvalue weighted by Gasteiger charge is -2.19. The van der Waals surface area contributed by atoms with E-state index in [-0.39, 0.29) is 38.3 Å². The van der Waals surface area contributed by atoms with E-state index in [1.165, 1.54) is 6.42 Å². The smallest absolute Gasteiger partial charge is 0.432 e. The number of fused-ring (bicyclic) bond motifs is 3. The zero-order valence-corrected chi connectivity index (χ0v) is 31.0. The molecule has 50 heavy (non-hydrogen) atoms. The summed E-state index contributed by atoms with van der Waals surface area (Å²) in [7, 11) is -0.0833. The minimum Gasteiger partial charge on any atom is -0.432 e. The predicted molar refractivity (Wildman–Crippen MR) is 203 cm³/mol. The number of nitrogens with one attached hydrogen (secondary N) is 2. The lowest BCUT2D eigenvalue weighted by atomic mass is 9.95. The Balaban J connectivity index is 0.000000541. The molecule has 17 heteroatoms. The van der Waals surface area contributed by atoms with Crippen molar-refractivity contribution >= 4 is 67.6 Å². The van der Waals surface area contributed by atoms with Crippen molar-refractivity contribution in [3.63, 3.8) is 0 Å². The summed E-state index contributed by atoms with van der Waals surface area (Å²) >= 11 is 1.27. The average Bonchev–Trinajstić information content (AvgIpc) is 3.82. The van der Waals surface area contributed by atoms with Crippen LogP contribution in [0.15, 0.2) is 60.7 Å². The third-order valence-electron chi connectivity index (χ3n) is 8.18. The average molecular weight is 767 g/mol. The first-order valence-electron chi connectivity index (χ1n) is 15.9. The topological polar surface area (TPSA) is 175 Å². The molecule has 0 radical (unpaired) electrons. The first kappa shape index (κ1) is 39.8. The fourth-order valence-corrected chi connectivity index (χ4v) is 9.60. The van der Waals surface area contributed by atoms with Crippen LogP contribution in [-0.4, -0.2) is 63.1 Å². The van der Waals surface area contributed by atoms with Crippen LogP contribution < -0.4 is 32.5 Å². The lowest BCUT2D eigenvalue weighted by molar-refractivity contribution is -0.121. The summed E-state index contributed by atoms with van der Waals surface area (Å²) in [5.74, 6) is 5.36. The van der Waals surface area contributed by atoms with Crippen LogP contribution in [0.2, 0.25) is 0 Å². The van der Waals surface area contributed by atoms with Crippen LogP contribution in [0.3, 0.4) is 0 Å². The van der Waals surface area contributed by atoms with Crippen molar-refractivity contribution in [2.45, 2.75) is 37.3 Å². The molecule has 0 aromatic heterocycles. The Hall–Kier alpha value is -3.03. The minimum atomic E-state index is -1.81. The highest BCUT2D eigenvalue weighted by Gasteiger charge is 2.37. The molecule has 3 aromatic rings. The molecule has 0 spiro atoms. The largest absolute Gasteiger partial charge is 0.534 e. The number of carbonyl (C=O) groups is 3. The van der Waals surface area contributed by atoms with Crippen LogP contribution in [0.4, 0.5) is 24.3 Å². The number of carbonyl (C=O) groups excluding carboxylic acids is 3. The van der Waals surface area contributed by atoms with Crippen molar-refractivity contribution in [1.82, 2.24) is 10.6 Å². The van der Waals surface area contributed by atoms with Crippen molar-refractivity contribution in [3.8, 4) is 11.1 Å². The van der Waals surface area contributed by atoms with Crippen molar-refractivity contribution in [3.05, 3.63) is 82.9 Å². The van der Waals surface area contributed by atoms with Crippen LogP contribution in [-0.2, 0) is 20.8 Å². The molecule has 11 nitrogen and oxygen atoms in total. The van der Waals surface area contributed by atoms with Crippen molar-refractivity contribution in [1.29, 1.82) is 0 Å². The Labute approximate surface area is 301 Å². The molecule has 1 aliphatic heterocycles. The maximum absolute atomic E-state index is 13.3. The molecule has 2 aliphatic rings. The molecule has 4 atom stereocenters. The van der Waals surface area contributed by atoms with Crippen molar-refractivity contribution in [2.24, 2.45) is 11.0 Å². The second kappa shape index (κ2) is 20.1. The molecule has 1 heterocycles. The maximum Gasteiger partial charge on any atom is 0.534 e. The van der Waals surface area contributed by atoms with E-state index in [4.69, 9.17) is 26.3 Å². The van der Waals surface area contributed by atoms with Crippen LogP contribution in [0, 0.1) is 0 Å². The van der Waals surface area contributed by atoms with Gasteiger partial charge >= 0.3 is 6.16 Å². The predicted octanol–water partition coefficient (Wildman–Crippen LogP) is 6.96. The van der Waals surface area contributed by atoms with E-state index >= 15 is 0 Å². The van der Waals surface area contributed by atoms with Crippen LogP contribution in [0.25, 0.3) is 11.1 Å². The molecule has 1 fully saturated rings. The summed E-state index contributed by atoms with van der Waals surface area (Å²) in [4.78, 5) is 41.6. The summed E-state index contributed by atoms with van der Waals surface area (Å²) in [6.45, 7) is 1.25. The zero-order chi connectivity index (χ0) is 36.0. The van der Waals surface area contributed by atoms with E-state index in [0.717, 1.165) is 57.6 Å². The Morgan fingerprint density at radius 3 is 2.64 bits per heavy atom. The van der Waals surface area contributed by atoms with E-state index < -0.39 is 13.6 Å². The van der Waals surface area contributed by atoms with Gasteiger partial charge in [-0.05, 0) is 103 Å². The van der Waals surface area contributed by atoms with Crippen LogP contribution >= 0.6 is 37.9 Å². The number of para-hydroxylation sites is 2. The third kappa shape index (κ3) is 11.2. The van der Waals surface area contributed by atoms with Gasteiger partial charge in [-0.15, -0.1) is 5.17 Å². The van der Waals surface area contributed by atoms with Gasteiger partial charge in [0.15, 0.2) is 13.7 Å². The van der Waals surface area contributed by atoms with Gasteiger partial charge in [0.25, 0.3) is 0 Å². The molecular formula is C33H42F2N6O5P2S2. The Bertz CT molecular complexity index is 1620. The molecule has 5 rings (SSSR count). The van der Waals surface area contributed by atoms with E-state index in [1.54, 1.807) is 36.4 Å². The number of hydrazine groups is 1. The number of rotatable bonds is 17. The van der Waals surface area contributed by atoms with Gasteiger partial charge in [-0.1, -0.05) is 48.5 Å². The van der Waals surface area contributed by atoms with Gasteiger partial charge < -0.3 is 21.1 Å². The number of ether oxygens (including phenoxy) is 1. The Morgan fingerprint density at radius 1 is 1.14 bits per heavy atom. The molecule has 270 valence electrons. The maximum atomic E-state index is 13.3. The second-order valence-electron chi connectivity index (χ2n) is 11.5. The normalized spacial score (nSPS) is 17.3. The number of nitrogen functional groups attached to an aromatic ring is 1. The summed E-state index contributed by atoms with van der Waals surface area (Å²) in [5.41, 5.74) is 12.2. The zero-order valence-electron chi connectivity index (χ0n) is 27.6. The number of hydrogen-bond donors (Lipinski definition) is 5. The van der Waals surface area contributed by atoms with Gasteiger partial charge in [-0.25, -0.2) is 14.8 Å². The van der Waals surface area contributed by atoms with Crippen molar-refractivity contribution < 1.29 is 32.0 Å². The fraction of sp³-hybridized carbons (Fsp3) is 0.364. The fourth-order valence-electron chi connectivity index (χ4n) is 5.58. The number of aldehydes is 1. The lowest BCUT2D eigenvalue weighted by Crippen LogP contribution is -2.35. The number of nitrogens with two attached hydrogens (primary N) is 3. The van der Waals surface area contributed by atoms with Gasteiger partial charge in [0, 0.05) is 30.6 Å². The monoisotopic (exact) mass is 766 g/mol. The van der Waals surface area contributed by atoms with E-state index in [1.807, 2.05) is 31.3 Å². The van der Waals surface area contributed by atoms with Gasteiger partial charge in [-0.2, -0.15) is 3.89 Å². The molecule has 3 aromatic carbocycles. The van der Waals surface area contributed by atoms with E-state index in [9.17, 15) is 22.5 Å². The number of halogens is 2. The van der Waals surface area contributed by atoms with Crippen LogP contribution in [0.1, 0.15) is 52.2 Å². The Morgan fingerprint density at radius 2 is 1.94 bits per heavy atom. The Kier molecular flexibility index (Phi) is 16.0. The number of amides is 1. The standard InChI is InChI=1S/C28H31FN5O5PS.C5H11FNPS/c29-40(41-32)14-13-33-26(36)10-3-5-18-11-12-21-22(15-18)23(20-7-4-6-19(16-35)27(20)21)17-38-28(37)39-34(31)25-9-2-1-8-24(25)30;1-7-3-2-5-4-8(5)9-6/h1-2,4,6-9,11-12,15-16,23H,3,5,10,13-14,17,30-32H2,(H,33,36);5,7H,2-4H2,1H3. The minimum absolute atomic E-state index is 0.0523. The number of aryl methyl sites for hydroxylation is 1. The van der Waals surface area contributed by atoms with Gasteiger partial charge in [-0.3, -0.25) is 19.6 Å². The molecule has 1 amide bonds. The number of nitrogens with zero attached hydrogens (tertiary/aromatic N) is 1. The van der Waals surface area contributed by atoms with Crippen LogP contribution in [0.5, 0.6) is 0 Å². The summed E-state index contributed by atoms with van der Waals surface area (Å²) in [5, 5.41) is 11.7. The first-order chi connectivity index (χ1) is 24.2. The third-order valence-corrected chi connectivity index (χ3v) is 13.9. The number of benzene rings is 3. The SMILES string of the molecule is CNCCC1CP1SF.NSP(F)CCNC(=O)CCCc1ccc2c(c1)C(COC(=O)ON(N)c1ccccc1N)c1cccc(C=O)c1-2. The number of anilines is 2. The quantitative estimate of drug-likeness (QED) is 0.0182. The second-order valence-corrected chi connectivity index (χ2v) is 18.5. The molecule has 1 saturated heterocycles. The van der Waals surface area contributed by atoms with E-state index in [0.29, 0.717) is 59.5 Å². The first-order valence-corrected chi connectivity index (χ1v) is 21.7. The molecule has 4 unspecified atom stereocenters. The summed E-state index contributed by atoms with van der Waals surface area (Å²) in [6.07, 6.45) is 3.85. The van der Waals surface area contributed by atoms with Gasteiger partial charge in [0.2, 0.25) is 5.91 Å². The highest BCUT2D eigenvalue weighted by Crippen LogP contribution is 2.70. The molecular weight excluding hydrogens is 724 g/mol. The molecule has 0 saturated carbocycles. The van der Waals surface area contributed by atoms with E-state index in [2.05, 4.69) is 10.6 Å². The highest BCUT2D eigenvalue weighted by atomic mass is 32.7. The number of hydrogen-bond acceptors (Lipinski definition) is 12. The molecule has 1 aliphatic carbocycles. The summed E-state index contributed by atoms with van der Waals surface area (Å²) in [6, 6.07) is 18.0. The summed E-state index contributed by atoms with van der Waals surface area (Å²) < 4.78 is 30.5. The van der Waals surface area contributed by atoms with Gasteiger partial charge in [0.05, 0.1) is 17.5 Å². The van der Waals surface area contributed by atoms with Gasteiger partial charge in [0.1, 0.15) is 12.3 Å². The molecule has 8 N–H and O–H groups in total. The highest BCUT2D eigenvalue weighted by molar-refractivity contribution is 8.55. The van der Waals surface area contributed by atoms with Crippen molar-refractivity contribution in [2.75, 3.05) is 50.0 Å².